The van der Waals surface area contributed by atoms with Gasteiger partial charge in [0.05, 0.1) is 7.11 Å². The Bertz CT molecular complexity index is 643. The van der Waals surface area contributed by atoms with Crippen molar-refractivity contribution in [1.29, 1.82) is 0 Å². The summed E-state index contributed by atoms with van der Waals surface area (Å²) < 4.78 is 19.0. The minimum Gasteiger partial charge on any atom is -0.497 e. The molecule has 0 saturated carbocycles. The SMILES string of the molecule is COc1ccc(N(C)Cc2cc(C(N)=S)ccc2F)cc1. The Kier molecular flexibility index (Phi) is 4.75. The number of nitrogens with two attached hydrogens (primary N) is 1. The van der Waals surface area contributed by atoms with Crippen molar-refractivity contribution in [3.63, 3.8) is 0 Å². The second-order valence-electron chi connectivity index (χ2n) is 4.72. The molecule has 2 aromatic rings. The van der Waals surface area contributed by atoms with Gasteiger partial charge in [0.25, 0.3) is 0 Å². The summed E-state index contributed by atoms with van der Waals surface area (Å²) in [6, 6.07) is 12.3. The fourth-order valence-corrected chi connectivity index (χ4v) is 2.16. The second-order valence-corrected chi connectivity index (χ2v) is 5.16. The summed E-state index contributed by atoms with van der Waals surface area (Å²) in [7, 11) is 3.52. The van der Waals surface area contributed by atoms with Crippen LogP contribution in [-0.4, -0.2) is 19.1 Å². The third-order valence-electron chi connectivity index (χ3n) is 3.25. The fourth-order valence-electron chi connectivity index (χ4n) is 2.03. The lowest BCUT2D eigenvalue weighted by atomic mass is 10.1. The van der Waals surface area contributed by atoms with Crippen molar-refractivity contribution in [2.24, 2.45) is 5.73 Å². The largest absolute Gasteiger partial charge is 0.497 e. The highest BCUT2D eigenvalue weighted by Gasteiger charge is 2.09. The molecule has 0 saturated heterocycles. The molecule has 0 radical (unpaired) electrons. The summed E-state index contributed by atoms with van der Waals surface area (Å²) in [5.74, 6) is 0.518. The Balaban J connectivity index is 2.19. The molecule has 3 nitrogen and oxygen atoms in total. The van der Waals surface area contributed by atoms with Gasteiger partial charge >= 0.3 is 0 Å². The van der Waals surface area contributed by atoms with Crippen LogP contribution in [0.5, 0.6) is 5.75 Å². The van der Waals surface area contributed by atoms with E-state index in [1.54, 1.807) is 19.2 Å². The fraction of sp³-hybridized carbons (Fsp3) is 0.188. The summed E-state index contributed by atoms with van der Waals surface area (Å²) >= 11 is 4.93. The second kappa shape index (κ2) is 6.54. The monoisotopic (exact) mass is 304 g/mol. The van der Waals surface area contributed by atoms with Crippen LogP contribution in [0.1, 0.15) is 11.1 Å². The smallest absolute Gasteiger partial charge is 0.128 e. The molecule has 0 aromatic heterocycles. The molecule has 0 atom stereocenters. The van der Waals surface area contributed by atoms with Crippen LogP contribution in [0.15, 0.2) is 42.5 Å². The van der Waals surface area contributed by atoms with Gasteiger partial charge in [-0.05, 0) is 42.5 Å². The number of rotatable bonds is 5. The van der Waals surface area contributed by atoms with Gasteiger partial charge in [0.1, 0.15) is 16.6 Å². The van der Waals surface area contributed by atoms with E-state index in [0.29, 0.717) is 17.7 Å². The van der Waals surface area contributed by atoms with Crippen LogP contribution < -0.4 is 15.4 Å². The van der Waals surface area contributed by atoms with Gasteiger partial charge in [-0.25, -0.2) is 4.39 Å². The molecule has 0 aliphatic rings. The van der Waals surface area contributed by atoms with Crippen molar-refractivity contribution in [2.75, 3.05) is 19.1 Å². The molecular weight excluding hydrogens is 287 g/mol. The highest BCUT2D eigenvalue weighted by Crippen LogP contribution is 2.21. The van der Waals surface area contributed by atoms with E-state index in [1.165, 1.54) is 6.07 Å². The first kappa shape index (κ1) is 15.3. The lowest BCUT2D eigenvalue weighted by molar-refractivity contribution is 0.415. The molecular formula is C16H17FN2OS. The van der Waals surface area contributed by atoms with Crippen LogP contribution >= 0.6 is 12.2 Å². The molecule has 0 aliphatic carbocycles. The maximum absolute atomic E-state index is 13.9. The zero-order chi connectivity index (χ0) is 15.4. The Hall–Kier alpha value is -2.14. The number of halogens is 1. The first-order chi connectivity index (χ1) is 10.0. The maximum Gasteiger partial charge on any atom is 0.128 e. The molecule has 0 unspecified atom stereocenters. The van der Waals surface area contributed by atoms with Crippen molar-refractivity contribution < 1.29 is 9.13 Å². The highest BCUT2D eigenvalue weighted by molar-refractivity contribution is 7.80. The minimum atomic E-state index is -0.268. The van der Waals surface area contributed by atoms with Gasteiger partial charge in [-0.15, -0.1) is 0 Å². The first-order valence-electron chi connectivity index (χ1n) is 6.44. The molecule has 0 aliphatic heterocycles. The van der Waals surface area contributed by atoms with Crippen molar-refractivity contribution in [1.82, 2.24) is 0 Å². The number of thiocarbonyl (C=S) groups is 1. The van der Waals surface area contributed by atoms with E-state index in [0.717, 1.165) is 11.4 Å². The molecule has 21 heavy (non-hydrogen) atoms. The molecule has 0 heterocycles. The molecule has 0 fully saturated rings. The molecule has 0 bridgehead atoms. The highest BCUT2D eigenvalue weighted by atomic mass is 32.1. The summed E-state index contributed by atoms with van der Waals surface area (Å²) in [5, 5.41) is 0. The summed E-state index contributed by atoms with van der Waals surface area (Å²) in [6.45, 7) is 0.425. The van der Waals surface area contributed by atoms with Crippen LogP contribution in [0.3, 0.4) is 0 Å². The van der Waals surface area contributed by atoms with Crippen LogP contribution in [0.25, 0.3) is 0 Å². The first-order valence-corrected chi connectivity index (χ1v) is 6.85. The summed E-state index contributed by atoms with van der Waals surface area (Å²) in [4.78, 5) is 2.21. The van der Waals surface area contributed by atoms with Gasteiger partial charge in [-0.2, -0.15) is 0 Å². The van der Waals surface area contributed by atoms with E-state index in [4.69, 9.17) is 22.7 Å². The standard InChI is InChI=1S/C16H17FN2OS/c1-19(13-4-6-14(20-2)7-5-13)10-12-9-11(16(18)21)3-8-15(12)17/h3-9H,10H2,1-2H3,(H2,18,21). The van der Waals surface area contributed by atoms with E-state index in [1.807, 2.05) is 36.2 Å². The van der Waals surface area contributed by atoms with Crippen molar-refractivity contribution in [3.05, 3.63) is 59.4 Å². The molecule has 0 amide bonds. The Morgan fingerprint density at radius 1 is 1.24 bits per heavy atom. The van der Waals surface area contributed by atoms with Crippen molar-refractivity contribution >= 4 is 22.9 Å². The molecule has 5 heteroatoms. The third-order valence-corrected chi connectivity index (χ3v) is 3.49. The number of benzene rings is 2. The van der Waals surface area contributed by atoms with Gasteiger partial charge in [0.15, 0.2) is 0 Å². The van der Waals surface area contributed by atoms with E-state index >= 15 is 0 Å². The van der Waals surface area contributed by atoms with Crippen LogP contribution in [0, 0.1) is 5.82 Å². The zero-order valence-corrected chi connectivity index (χ0v) is 12.8. The summed E-state index contributed by atoms with van der Waals surface area (Å²) in [5.41, 5.74) is 7.78. The predicted octanol–water partition coefficient (Wildman–Crippen LogP) is 3.10. The Morgan fingerprint density at radius 3 is 2.48 bits per heavy atom. The zero-order valence-electron chi connectivity index (χ0n) is 12.0. The Morgan fingerprint density at radius 2 is 1.90 bits per heavy atom. The maximum atomic E-state index is 13.9. The topological polar surface area (TPSA) is 38.5 Å². The van der Waals surface area contributed by atoms with E-state index < -0.39 is 0 Å². The summed E-state index contributed by atoms with van der Waals surface area (Å²) in [6.07, 6.45) is 0. The van der Waals surface area contributed by atoms with E-state index in [-0.39, 0.29) is 10.8 Å². The number of methoxy groups -OCH3 is 1. The van der Waals surface area contributed by atoms with Gasteiger partial charge < -0.3 is 15.4 Å². The quantitative estimate of drug-likeness (QED) is 0.862. The van der Waals surface area contributed by atoms with Gasteiger partial charge in [0.2, 0.25) is 0 Å². The lowest BCUT2D eigenvalue weighted by Crippen LogP contribution is -2.18. The van der Waals surface area contributed by atoms with Crippen molar-refractivity contribution in [2.45, 2.75) is 6.54 Å². The predicted molar refractivity (Wildman–Crippen MR) is 87.4 cm³/mol. The number of hydrogen-bond acceptors (Lipinski definition) is 3. The Labute approximate surface area is 129 Å². The number of nitrogens with zero attached hydrogens (tertiary/aromatic N) is 1. The average molecular weight is 304 g/mol. The molecule has 0 spiro atoms. The van der Waals surface area contributed by atoms with Crippen LogP contribution in [-0.2, 0) is 6.54 Å². The third kappa shape index (κ3) is 3.70. The normalized spacial score (nSPS) is 10.2. The van der Waals surface area contributed by atoms with Crippen LogP contribution in [0.2, 0.25) is 0 Å². The molecule has 2 rings (SSSR count). The van der Waals surface area contributed by atoms with Gasteiger partial charge in [0, 0.05) is 30.4 Å². The van der Waals surface area contributed by atoms with Crippen LogP contribution in [0.4, 0.5) is 10.1 Å². The van der Waals surface area contributed by atoms with Crippen molar-refractivity contribution in [3.8, 4) is 5.75 Å². The number of anilines is 1. The molecule has 2 N–H and O–H groups in total. The number of hydrogen-bond donors (Lipinski definition) is 1. The average Bonchev–Trinajstić information content (AvgIpc) is 2.49. The lowest BCUT2D eigenvalue weighted by Gasteiger charge is -2.20. The molecule has 2 aromatic carbocycles. The van der Waals surface area contributed by atoms with Gasteiger partial charge in [-0.3, -0.25) is 0 Å². The minimum absolute atomic E-state index is 0.267. The van der Waals surface area contributed by atoms with Gasteiger partial charge in [-0.1, -0.05) is 12.2 Å². The van der Waals surface area contributed by atoms with E-state index in [2.05, 4.69) is 0 Å². The van der Waals surface area contributed by atoms with E-state index in [9.17, 15) is 4.39 Å². The number of ether oxygens (including phenoxy) is 1. The molecule has 110 valence electrons.